The van der Waals surface area contributed by atoms with E-state index in [4.69, 9.17) is 5.11 Å². The summed E-state index contributed by atoms with van der Waals surface area (Å²) in [4.78, 5) is 21.4. The molecule has 0 saturated heterocycles. The molecule has 0 heterocycles. The Morgan fingerprint density at radius 3 is 2.29 bits per heavy atom. The lowest BCUT2D eigenvalue weighted by Crippen LogP contribution is -2.03. The molecule has 1 rings (SSSR count). The van der Waals surface area contributed by atoms with Crippen LogP contribution in [0.15, 0.2) is 11.2 Å². The lowest BCUT2D eigenvalue weighted by Gasteiger charge is -2.08. The van der Waals surface area contributed by atoms with Crippen molar-refractivity contribution in [3.8, 4) is 0 Å². The van der Waals surface area contributed by atoms with E-state index in [2.05, 4.69) is 5.18 Å². The van der Waals surface area contributed by atoms with E-state index in [1.54, 1.807) is 26.8 Å². The molecular formula is C10H11NO3. The first-order valence-corrected chi connectivity index (χ1v) is 4.16. The Hall–Kier alpha value is -1.71. The number of carboxylic acid groups (broad SMARTS) is 1. The van der Waals surface area contributed by atoms with Crippen molar-refractivity contribution in [2.75, 3.05) is 0 Å². The highest BCUT2D eigenvalue weighted by Gasteiger charge is 2.16. The molecule has 1 N–H and O–H groups in total. The molecule has 0 aliphatic rings. The van der Waals surface area contributed by atoms with Crippen molar-refractivity contribution in [1.29, 1.82) is 0 Å². The number of nitrogens with zero attached hydrogens (tertiary/aromatic N) is 1. The van der Waals surface area contributed by atoms with Gasteiger partial charge in [0.15, 0.2) is 0 Å². The summed E-state index contributed by atoms with van der Waals surface area (Å²) >= 11 is 0. The third-order valence-corrected chi connectivity index (χ3v) is 2.24. The standard InChI is InChI=1S/C10H11NO3/c1-5-4-6(2)9(11-14)7(3)8(5)10(12)13/h4H,1-3H3,(H,12,13). The van der Waals surface area contributed by atoms with Gasteiger partial charge in [0.05, 0.1) is 5.56 Å². The second-order valence-electron chi connectivity index (χ2n) is 3.26. The van der Waals surface area contributed by atoms with Crippen LogP contribution in [0.2, 0.25) is 0 Å². The molecule has 0 aromatic heterocycles. The summed E-state index contributed by atoms with van der Waals surface area (Å²) in [7, 11) is 0. The van der Waals surface area contributed by atoms with Crippen molar-refractivity contribution in [3.63, 3.8) is 0 Å². The molecule has 0 atom stereocenters. The van der Waals surface area contributed by atoms with Gasteiger partial charge in [0.25, 0.3) is 0 Å². The van der Waals surface area contributed by atoms with Crippen LogP contribution in [-0.4, -0.2) is 11.1 Å². The van der Waals surface area contributed by atoms with Gasteiger partial charge in [-0.25, -0.2) is 4.79 Å². The smallest absolute Gasteiger partial charge is 0.336 e. The van der Waals surface area contributed by atoms with Crippen LogP contribution < -0.4 is 0 Å². The minimum Gasteiger partial charge on any atom is -0.478 e. The van der Waals surface area contributed by atoms with E-state index in [-0.39, 0.29) is 11.3 Å². The fraction of sp³-hybridized carbons (Fsp3) is 0.300. The van der Waals surface area contributed by atoms with Crippen LogP contribution in [0.25, 0.3) is 0 Å². The highest BCUT2D eigenvalue weighted by atomic mass is 16.4. The third-order valence-electron chi connectivity index (χ3n) is 2.24. The molecule has 0 aliphatic carbocycles. The van der Waals surface area contributed by atoms with Crippen LogP contribution in [0, 0.1) is 25.7 Å². The van der Waals surface area contributed by atoms with Gasteiger partial charge >= 0.3 is 5.97 Å². The Balaban J connectivity index is 3.60. The minimum absolute atomic E-state index is 0.171. The number of hydrogen-bond acceptors (Lipinski definition) is 3. The average Bonchev–Trinajstić information content (AvgIpc) is 2.02. The van der Waals surface area contributed by atoms with Crippen LogP contribution in [0.5, 0.6) is 0 Å². The molecule has 74 valence electrons. The zero-order valence-corrected chi connectivity index (χ0v) is 8.29. The summed E-state index contributed by atoms with van der Waals surface area (Å²) in [5.74, 6) is -1.02. The predicted octanol–water partition coefficient (Wildman–Crippen LogP) is 2.71. The largest absolute Gasteiger partial charge is 0.478 e. The molecule has 0 spiro atoms. The van der Waals surface area contributed by atoms with Gasteiger partial charge in [-0.15, -0.1) is 4.91 Å². The Labute approximate surface area is 81.5 Å². The van der Waals surface area contributed by atoms with Crippen molar-refractivity contribution < 1.29 is 9.90 Å². The topological polar surface area (TPSA) is 66.7 Å². The van der Waals surface area contributed by atoms with Crippen LogP contribution in [0.4, 0.5) is 5.69 Å². The van der Waals surface area contributed by atoms with Gasteiger partial charge < -0.3 is 5.11 Å². The number of aryl methyl sites for hydroxylation is 2. The Kier molecular flexibility index (Phi) is 2.65. The molecule has 0 saturated carbocycles. The number of carbonyl (C=O) groups is 1. The number of nitroso groups, excluding NO2 is 1. The molecule has 4 nitrogen and oxygen atoms in total. The van der Waals surface area contributed by atoms with E-state index >= 15 is 0 Å². The second-order valence-corrected chi connectivity index (χ2v) is 3.26. The van der Waals surface area contributed by atoms with Gasteiger partial charge in [-0.3, -0.25) is 0 Å². The van der Waals surface area contributed by atoms with Crippen LogP contribution in [0.1, 0.15) is 27.0 Å². The number of benzene rings is 1. The maximum atomic E-state index is 10.9. The van der Waals surface area contributed by atoms with Crippen molar-refractivity contribution in [2.24, 2.45) is 5.18 Å². The van der Waals surface area contributed by atoms with E-state index < -0.39 is 5.97 Å². The van der Waals surface area contributed by atoms with Gasteiger partial charge in [-0.1, -0.05) is 6.07 Å². The second kappa shape index (κ2) is 3.57. The Bertz CT molecular complexity index is 410. The van der Waals surface area contributed by atoms with Crippen molar-refractivity contribution >= 4 is 11.7 Å². The molecule has 0 amide bonds. The number of carboxylic acids is 1. The van der Waals surface area contributed by atoms with Gasteiger partial charge in [0, 0.05) is 0 Å². The zero-order valence-electron chi connectivity index (χ0n) is 8.29. The first kappa shape index (κ1) is 10.4. The Morgan fingerprint density at radius 1 is 1.29 bits per heavy atom. The summed E-state index contributed by atoms with van der Waals surface area (Å²) in [6.07, 6.45) is 0. The van der Waals surface area contributed by atoms with Crippen LogP contribution in [-0.2, 0) is 0 Å². The highest BCUT2D eigenvalue weighted by Crippen LogP contribution is 2.28. The summed E-state index contributed by atoms with van der Waals surface area (Å²) in [6.45, 7) is 5.04. The summed E-state index contributed by atoms with van der Waals surface area (Å²) in [5, 5.41) is 11.8. The van der Waals surface area contributed by atoms with E-state index in [0.717, 1.165) is 0 Å². The predicted molar refractivity (Wildman–Crippen MR) is 53.1 cm³/mol. The lowest BCUT2D eigenvalue weighted by molar-refractivity contribution is 0.0695. The SMILES string of the molecule is Cc1cc(C)c(C(=O)O)c(C)c1N=O. The van der Waals surface area contributed by atoms with Crippen molar-refractivity contribution in [2.45, 2.75) is 20.8 Å². The molecule has 0 fully saturated rings. The van der Waals surface area contributed by atoms with Crippen LogP contribution >= 0.6 is 0 Å². The molecule has 0 aliphatic heterocycles. The molecule has 4 heteroatoms. The average molecular weight is 193 g/mol. The van der Waals surface area contributed by atoms with E-state index in [0.29, 0.717) is 16.7 Å². The first-order valence-electron chi connectivity index (χ1n) is 4.16. The lowest BCUT2D eigenvalue weighted by atomic mass is 9.98. The van der Waals surface area contributed by atoms with Gasteiger partial charge in [-0.2, -0.15) is 0 Å². The molecule has 14 heavy (non-hydrogen) atoms. The fourth-order valence-corrected chi connectivity index (χ4v) is 1.64. The van der Waals surface area contributed by atoms with Gasteiger partial charge in [-0.05, 0) is 42.6 Å². The molecule has 0 radical (unpaired) electrons. The molecular weight excluding hydrogens is 182 g/mol. The first-order chi connectivity index (χ1) is 6.49. The summed E-state index contributed by atoms with van der Waals surface area (Å²) in [6, 6.07) is 1.66. The van der Waals surface area contributed by atoms with E-state index in [9.17, 15) is 9.70 Å². The number of rotatable bonds is 2. The maximum absolute atomic E-state index is 10.9. The normalized spacial score (nSPS) is 9.93. The van der Waals surface area contributed by atoms with E-state index in [1.807, 2.05) is 0 Å². The molecule has 1 aromatic rings. The van der Waals surface area contributed by atoms with Crippen molar-refractivity contribution in [3.05, 3.63) is 33.2 Å². The number of hydrogen-bond donors (Lipinski definition) is 1. The monoisotopic (exact) mass is 193 g/mol. The highest BCUT2D eigenvalue weighted by molar-refractivity contribution is 5.93. The fourth-order valence-electron chi connectivity index (χ4n) is 1.64. The molecule has 1 aromatic carbocycles. The molecule has 0 unspecified atom stereocenters. The molecule has 0 bridgehead atoms. The van der Waals surface area contributed by atoms with Gasteiger partial charge in [0.1, 0.15) is 5.69 Å². The van der Waals surface area contributed by atoms with Crippen molar-refractivity contribution in [1.82, 2.24) is 0 Å². The minimum atomic E-state index is -1.02. The van der Waals surface area contributed by atoms with E-state index in [1.165, 1.54) is 0 Å². The Morgan fingerprint density at radius 2 is 1.86 bits per heavy atom. The van der Waals surface area contributed by atoms with Crippen LogP contribution in [0.3, 0.4) is 0 Å². The summed E-state index contributed by atoms with van der Waals surface area (Å²) < 4.78 is 0. The van der Waals surface area contributed by atoms with Gasteiger partial charge in [0.2, 0.25) is 0 Å². The zero-order chi connectivity index (χ0) is 10.9. The number of aromatic carboxylic acids is 1. The maximum Gasteiger partial charge on any atom is 0.336 e. The third kappa shape index (κ3) is 1.51. The quantitative estimate of drug-likeness (QED) is 0.734. The summed E-state index contributed by atoms with van der Waals surface area (Å²) in [5.41, 5.74) is 2.20.